The Bertz CT molecular complexity index is 841. The lowest BCUT2D eigenvalue weighted by Crippen LogP contribution is -2.41. The Kier molecular flexibility index (Phi) is 5.17. The van der Waals surface area contributed by atoms with Crippen molar-refractivity contribution < 1.29 is 23.5 Å². The Hall–Kier alpha value is -3.35. The second-order valence-electron chi connectivity index (χ2n) is 5.84. The van der Waals surface area contributed by atoms with E-state index in [1.54, 1.807) is 43.3 Å². The third-order valence-corrected chi connectivity index (χ3v) is 3.89. The van der Waals surface area contributed by atoms with Crippen LogP contribution in [0.3, 0.4) is 0 Å². The summed E-state index contributed by atoms with van der Waals surface area (Å²) in [6, 6.07) is 10.1. The minimum absolute atomic E-state index is 0.159. The maximum Gasteiger partial charge on any atom is 0.331 e. The molecule has 1 aromatic carbocycles. The standard InChI is InChI=1S/C19H18N2O5/c1-13-11-17(22)20-15-6-2-3-7-16(15)21(13)18(23)12-26-19(24)9-8-14-5-4-10-25-14/h2-10,13H,11-12H2,1H3,(H,20,22)/b9-8+/t13-/m1/s1. The van der Waals surface area contributed by atoms with E-state index in [2.05, 4.69) is 5.32 Å². The molecule has 1 aromatic heterocycles. The first-order chi connectivity index (χ1) is 12.5. The number of anilines is 2. The molecule has 3 rings (SSSR count). The van der Waals surface area contributed by atoms with Gasteiger partial charge in [0.05, 0.1) is 17.6 Å². The molecule has 0 saturated carbocycles. The predicted molar refractivity (Wildman–Crippen MR) is 95.3 cm³/mol. The number of nitrogens with one attached hydrogen (secondary N) is 1. The Morgan fingerprint density at radius 1 is 1.31 bits per heavy atom. The first-order valence-electron chi connectivity index (χ1n) is 8.14. The van der Waals surface area contributed by atoms with Crippen LogP contribution in [-0.2, 0) is 19.1 Å². The number of nitrogens with zero attached hydrogens (tertiary/aromatic N) is 1. The number of fused-ring (bicyclic) bond motifs is 1. The quantitative estimate of drug-likeness (QED) is 0.673. The molecule has 134 valence electrons. The van der Waals surface area contributed by atoms with Gasteiger partial charge in [-0.3, -0.25) is 9.59 Å². The molecule has 0 spiro atoms. The van der Waals surface area contributed by atoms with Crippen molar-refractivity contribution in [3.63, 3.8) is 0 Å². The topological polar surface area (TPSA) is 88.9 Å². The van der Waals surface area contributed by atoms with Gasteiger partial charge in [-0.15, -0.1) is 0 Å². The summed E-state index contributed by atoms with van der Waals surface area (Å²) in [5.41, 5.74) is 1.14. The second-order valence-corrected chi connectivity index (χ2v) is 5.84. The Morgan fingerprint density at radius 2 is 2.12 bits per heavy atom. The SMILES string of the molecule is C[C@@H]1CC(=O)Nc2ccccc2N1C(=O)COC(=O)/C=C/c1ccco1. The van der Waals surface area contributed by atoms with Gasteiger partial charge in [-0.25, -0.2) is 4.79 Å². The highest BCUT2D eigenvalue weighted by Crippen LogP contribution is 2.31. The fraction of sp³-hybridized carbons (Fsp3) is 0.211. The van der Waals surface area contributed by atoms with E-state index in [0.29, 0.717) is 17.1 Å². The molecule has 0 fully saturated rings. The summed E-state index contributed by atoms with van der Waals surface area (Å²) in [6.45, 7) is 1.35. The van der Waals surface area contributed by atoms with E-state index in [4.69, 9.17) is 9.15 Å². The molecule has 0 aliphatic carbocycles. The molecular formula is C19H18N2O5. The summed E-state index contributed by atoms with van der Waals surface area (Å²) in [7, 11) is 0. The smallest absolute Gasteiger partial charge is 0.331 e. The summed E-state index contributed by atoms with van der Waals surface area (Å²) in [5, 5.41) is 2.78. The second kappa shape index (κ2) is 7.69. The van der Waals surface area contributed by atoms with Crippen LogP contribution in [0.1, 0.15) is 19.1 Å². The Labute approximate surface area is 150 Å². The van der Waals surface area contributed by atoms with Gasteiger partial charge in [-0.2, -0.15) is 0 Å². The first-order valence-corrected chi connectivity index (χ1v) is 8.14. The van der Waals surface area contributed by atoms with Crippen LogP contribution < -0.4 is 10.2 Å². The van der Waals surface area contributed by atoms with Gasteiger partial charge in [0, 0.05) is 18.5 Å². The number of para-hydroxylation sites is 2. The monoisotopic (exact) mass is 354 g/mol. The number of carbonyl (C=O) groups is 3. The predicted octanol–water partition coefficient (Wildman–Crippen LogP) is 2.60. The highest BCUT2D eigenvalue weighted by molar-refractivity contribution is 6.05. The molecule has 0 radical (unpaired) electrons. The van der Waals surface area contributed by atoms with Crippen LogP contribution in [0.4, 0.5) is 11.4 Å². The highest BCUT2D eigenvalue weighted by Gasteiger charge is 2.29. The average molecular weight is 354 g/mol. The highest BCUT2D eigenvalue weighted by atomic mass is 16.5. The number of hydrogen-bond donors (Lipinski definition) is 1. The first kappa shape index (κ1) is 17.5. The summed E-state index contributed by atoms with van der Waals surface area (Å²) < 4.78 is 10.1. The van der Waals surface area contributed by atoms with Crippen molar-refractivity contribution in [1.82, 2.24) is 0 Å². The van der Waals surface area contributed by atoms with E-state index < -0.39 is 18.5 Å². The molecule has 26 heavy (non-hydrogen) atoms. The van der Waals surface area contributed by atoms with Crippen molar-refractivity contribution in [3.8, 4) is 0 Å². The molecular weight excluding hydrogens is 336 g/mol. The van der Waals surface area contributed by atoms with Crippen LogP contribution >= 0.6 is 0 Å². The largest absolute Gasteiger partial charge is 0.465 e. The summed E-state index contributed by atoms with van der Waals surface area (Å²) in [4.78, 5) is 37.8. The molecule has 2 aromatic rings. The number of ether oxygens (including phenoxy) is 1. The number of esters is 1. The van der Waals surface area contributed by atoms with E-state index in [0.717, 1.165) is 0 Å². The third-order valence-electron chi connectivity index (χ3n) is 3.89. The van der Waals surface area contributed by atoms with Gasteiger partial charge in [0.15, 0.2) is 6.61 Å². The van der Waals surface area contributed by atoms with Gasteiger partial charge >= 0.3 is 5.97 Å². The van der Waals surface area contributed by atoms with Gasteiger partial charge in [0.25, 0.3) is 5.91 Å². The lowest BCUT2D eigenvalue weighted by molar-refractivity contribution is -0.143. The number of carbonyl (C=O) groups excluding carboxylic acids is 3. The van der Waals surface area contributed by atoms with Crippen LogP contribution in [0.2, 0.25) is 0 Å². The van der Waals surface area contributed by atoms with Crippen LogP contribution in [0.25, 0.3) is 6.08 Å². The molecule has 2 amide bonds. The third kappa shape index (κ3) is 4.00. The summed E-state index contributed by atoms with van der Waals surface area (Å²) in [6.07, 6.45) is 4.30. The zero-order valence-electron chi connectivity index (χ0n) is 14.2. The molecule has 0 bridgehead atoms. The zero-order chi connectivity index (χ0) is 18.5. The summed E-state index contributed by atoms with van der Waals surface area (Å²) >= 11 is 0. The maximum absolute atomic E-state index is 12.6. The van der Waals surface area contributed by atoms with Gasteiger partial charge < -0.3 is 19.4 Å². The van der Waals surface area contributed by atoms with Gasteiger partial charge in [0.2, 0.25) is 5.91 Å². The van der Waals surface area contributed by atoms with Crippen LogP contribution in [0.15, 0.2) is 53.2 Å². The van der Waals surface area contributed by atoms with E-state index >= 15 is 0 Å². The lowest BCUT2D eigenvalue weighted by atomic mass is 10.1. The molecule has 7 nitrogen and oxygen atoms in total. The average Bonchev–Trinajstić information content (AvgIpc) is 3.09. The number of hydrogen-bond acceptors (Lipinski definition) is 5. The van der Waals surface area contributed by atoms with E-state index in [-0.39, 0.29) is 18.4 Å². The minimum atomic E-state index is -0.653. The van der Waals surface area contributed by atoms with E-state index in [9.17, 15) is 14.4 Å². The van der Waals surface area contributed by atoms with Crippen molar-refractivity contribution in [1.29, 1.82) is 0 Å². The summed E-state index contributed by atoms with van der Waals surface area (Å²) in [5.74, 6) is -0.715. The fourth-order valence-electron chi connectivity index (χ4n) is 2.75. The molecule has 1 N–H and O–H groups in total. The van der Waals surface area contributed by atoms with Gasteiger partial charge in [-0.1, -0.05) is 12.1 Å². The minimum Gasteiger partial charge on any atom is -0.465 e. The molecule has 1 aliphatic heterocycles. The number of rotatable bonds is 4. The van der Waals surface area contributed by atoms with E-state index in [1.807, 2.05) is 0 Å². The Balaban J connectivity index is 1.68. The van der Waals surface area contributed by atoms with Crippen LogP contribution in [-0.4, -0.2) is 30.4 Å². The zero-order valence-corrected chi connectivity index (χ0v) is 14.2. The molecule has 2 heterocycles. The van der Waals surface area contributed by atoms with Gasteiger partial charge in [-0.05, 0) is 37.3 Å². The molecule has 0 saturated heterocycles. The fourth-order valence-corrected chi connectivity index (χ4v) is 2.75. The van der Waals surface area contributed by atoms with Crippen molar-refractivity contribution in [2.75, 3.05) is 16.8 Å². The van der Waals surface area contributed by atoms with Crippen molar-refractivity contribution in [3.05, 3.63) is 54.5 Å². The van der Waals surface area contributed by atoms with Gasteiger partial charge in [0.1, 0.15) is 5.76 Å². The number of amides is 2. The molecule has 0 unspecified atom stereocenters. The number of benzene rings is 1. The van der Waals surface area contributed by atoms with Crippen molar-refractivity contribution in [2.45, 2.75) is 19.4 Å². The van der Waals surface area contributed by atoms with Crippen LogP contribution in [0, 0.1) is 0 Å². The van der Waals surface area contributed by atoms with Crippen LogP contribution in [0.5, 0.6) is 0 Å². The molecule has 1 atom stereocenters. The Morgan fingerprint density at radius 3 is 2.88 bits per heavy atom. The van der Waals surface area contributed by atoms with E-state index in [1.165, 1.54) is 23.3 Å². The molecule has 1 aliphatic rings. The number of furan rings is 1. The maximum atomic E-state index is 12.6. The molecule has 7 heteroatoms. The van der Waals surface area contributed by atoms with Crippen molar-refractivity contribution in [2.24, 2.45) is 0 Å². The lowest BCUT2D eigenvalue weighted by Gasteiger charge is -2.27. The van der Waals surface area contributed by atoms with Crippen molar-refractivity contribution >= 4 is 35.2 Å². The normalized spacial score (nSPS) is 16.7.